The lowest BCUT2D eigenvalue weighted by molar-refractivity contribution is 1.26. The second kappa shape index (κ2) is 3.06. The number of rotatable bonds is 0. The van der Waals surface area contributed by atoms with Gasteiger partial charge in [0.1, 0.15) is 0 Å². The molecule has 15 heavy (non-hydrogen) atoms. The Hall–Kier alpha value is -1.89. The van der Waals surface area contributed by atoms with Gasteiger partial charge in [-0.15, -0.1) is 0 Å². The molecule has 0 saturated heterocycles. The van der Waals surface area contributed by atoms with Gasteiger partial charge in [0.2, 0.25) is 0 Å². The molecule has 1 nitrogen and oxygen atoms in total. The van der Waals surface area contributed by atoms with Gasteiger partial charge in [0.25, 0.3) is 0 Å². The minimum absolute atomic E-state index is 1.07. The van der Waals surface area contributed by atoms with Crippen molar-refractivity contribution >= 4 is 21.7 Å². The third-order valence-corrected chi connectivity index (χ3v) is 2.74. The summed E-state index contributed by atoms with van der Waals surface area (Å²) in [5.74, 6) is 0. The summed E-state index contributed by atoms with van der Waals surface area (Å²) in [5, 5.41) is 3.79. The van der Waals surface area contributed by atoms with Gasteiger partial charge in [0, 0.05) is 11.1 Å². The number of hydrogen-bond acceptors (Lipinski definition) is 1. The number of hydrogen-bond donors (Lipinski definition) is 0. The standard InChI is InChI=1S/C14H11N/c1-10-6-8-13-12-5-3-2-4-11(12)7-9-14(13)15-10/h2-9H,1H3. The van der Waals surface area contributed by atoms with Crippen LogP contribution < -0.4 is 0 Å². The minimum Gasteiger partial charge on any atom is -0.253 e. The van der Waals surface area contributed by atoms with Crippen LogP contribution in [0.15, 0.2) is 48.5 Å². The van der Waals surface area contributed by atoms with Crippen LogP contribution >= 0.6 is 0 Å². The Balaban J connectivity index is 2.55. The van der Waals surface area contributed by atoms with Crippen LogP contribution in [-0.4, -0.2) is 4.98 Å². The fraction of sp³-hybridized carbons (Fsp3) is 0.0714. The molecule has 0 atom stereocenters. The van der Waals surface area contributed by atoms with Crippen LogP contribution in [-0.2, 0) is 0 Å². The lowest BCUT2D eigenvalue weighted by Gasteiger charge is -2.03. The van der Waals surface area contributed by atoms with Crippen molar-refractivity contribution < 1.29 is 0 Å². The van der Waals surface area contributed by atoms with Crippen molar-refractivity contribution in [3.8, 4) is 0 Å². The highest BCUT2D eigenvalue weighted by Crippen LogP contribution is 2.23. The van der Waals surface area contributed by atoms with E-state index in [0.717, 1.165) is 11.2 Å². The first-order chi connectivity index (χ1) is 7.34. The molecule has 1 aromatic heterocycles. The predicted molar refractivity (Wildman–Crippen MR) is 64.0 cm³/mol. The van der Waals surface area contributed by atoms with Gasteiger partial charge < -0.3 is 0 Å². The minimum atomic E-state index is 1.07. The molecule has 0 spiro atoms. The van der Waals surface area contributed by atoms with Gasteiger partial charge in [0.15, 0.2) is 0 Å². The van der Waals surface area contributed by atoms with E-state index in [0.29, 0.717) is 0 Å². The molecule has 0 radical (unpaired) electrons. The molecule has 0 amide bonds. The van der Waals surface area contributed by atoms with Gasteiger partial charge in [-0.1, -0.05) is 36.4 Å². The molecule has 0 saturated carbocycles. The largest absolute Gasteiger partial charge is 0.253 e. The number of nitrogens with zero attached hydrogens (tertiary/aromatic N) is 1. The van der Waals surface area contributed by atoms with Gasteiger partial charge >= 0.3 is 0 Å². The zero-order chi connectivity index (χ0) is 10.3. The van der Waals surface area contributed by atoms with Crippen LogP contribution in [0.2, 0.25) is 0 Å². The van der Waals surface area contributed by atoms with Crippen LogP contribution in [0.25, 0.3) is 21.7 Å². The Morgan fingerprint density at radius 3 is 2.60 bits per heavy atom. The van der Waals surface area contributed by atoms with E-state index < -0.39 is 0 Å². The zero-order valence-electron chi connectivity index (χ0n) is 8.57. The fourth-order valence-corrected chi connectivity index (χ4v) is 1.99. The van der Waals surface area contributed by atoms with Gasteiger partial charge in [-0.3, -0.25) is 4.98 Å². The van der Waals surface area contributed by atoms with Crippen LogP contribution in [0.4, 0.5) is 0 Å². The average molecular weight is 193 g/mol. The zero-order valence-corrected chi connectivity index (χ0v) is 8.57. The van der Waals surface area contributed by atoms with Crippen molar-refractivity contribution in [1.82, 2.24) is 4.98 Å². The summed E-state index contributed by atoms with van der Waals surface area (Å²) in [6.45, 7) is 2.02. The molecular weight excluding hydrogens is 182 g/mol. The first-order valence-corrected chi connectivity index (χ1v) is 5.10. The third-order valence-electron chi connectivity index (χ3n) is 2.74. The molecule has 0 aliphatic heterocycles. The Kier molecular flexibility index (Phi) is 1.72. The SMILES string of the molecule is Cc1ccc2c(ccc3ccccc32)n1. The van der Waals surface area contributed by atoms with Gasteiger partial charge in [-0.05, 0) is 29.8 Å². The molecular formula is C14H11N. The number of pyridine rings is 1. The van der Waals surface area contributed by atoms with E-state index in [9.17, 15) is 0 Å². The van der Waals surface area contributed by atoms with E-state index in [-0.39, 0.29) is 0 Å². The molecule has 0 aliphatic rings. The maximum absolute atomic E-state index is 4.53. The number of aryl methyl sites for hydroxylation is 1. The van der Waals surface area contributed by atoms with E-state index >= 15 is 0 Å². The molecule has 0 unspecified atom stereocenters. The van der Waals surface area contributed by atoms with E-state index in [1.165, 1.54) is 16.2 Å². The highest BCUT2D eigenvalue weighted by molar-refractivity contribution is 6.05. The fourth-order valence-electron chi connectivity index (χ4n) is 1.99. The van der Waals surface area contributed by atoms with Crippen molar-refractivity contribution in [2.45, 2.75) is 6.92 Å². The van der Waals surface area contributed by atoms with Crippen LogP contribution in [0.1, 0.15) is 5.69 Å². The topological polar surface area (TPSA) is 12.9 Å². The van der Waals surface area contributed by atoms with Crippen molar-refractivity contribution in [1.29, 1.82) is 0 Å². The smallest absolute Gasteiger partial charge is 0.0711 e. The molecule has 3 rings (SSSR count). The molecule has 2 aromatic carbocycles. The molecule has 0 fully saturated rings. The first kappa shape index (κ1) is 8.42. The van der Waals surface area contributed by atoms with E-state index in [4.69, 9.17) is 0 Å². The molecule has 72 valence electrons. The molecule has 0 bridgehead atoms. The predicted octanol–water partition coefficient (Wildman–Crippen LogP) is 3.70. The quantitative estimate of drug-likeness (QED) is 0.496. The van der Waals surface area contributed by atoms with E-state index in [1.54, 1.807) is 0 Å². The van der Waals surface area contributed by atoms with Crippen LogP contribution in [0.5, 0.6) is 0 Å². The second-order valence-electron chi connectivity index (χ2n) is 3.81. The maximum Gasteiger partial charge on any atom is 0.0711 e. The molecule has 1 heterocycles. The summed E-state index contributed by atoms with van der Waals surface area (Å²) in [6.07, 6.45) is 0. The summed E-state index contributed by atoms with van der Waals surface area (Å²) >= 11 is 0. The van der Waals surface area contributed by atoms with E-state index in [1.807, 2.05) is 6.92 Å². The second-order valence-corrected chi connectivity index (χ2v) is 3.81. The summed E-state index contributed by atoms with van der Waals surface area (Å²) in [6, 6.07) is 16.9. The van der Waals surface area contributed by atoms with Crippen LogP contribution in [0, 0.1) is 6.92 Å². The average Bonchev–Trinajstić information content (AvgIpc) is 2.28. The molecule has 0 N–H and O–H groups in total. The first-order valence-electron chi connectivity index (χ1n) is 5.10. The van der Waals surface area contributed by atoms with Crippen LogP contribution in [0.3, 0.4) is 0 Å². The molecule has 3 aromatic rings. The summed E-state index contributed by atoms with van der Waals surface area (Å²) in [5.41, 5.74) is 2.14. The molecule has 0 aliphatic carbocycles. The van der Waals surface area contributed by atoms with Crippen molar-refractivity contribution in [3.05, 3.63) is 54.2 Å². The monoisotopic (exact) mass is 193 g/mol. The lowest BCUT2D eigenvalue weighted by Crippen LogP contribution is -1.83. The highest BCUT2D eigenvalue weighted by Gasteiger charge is 2.00. The number of aromatic nitrogens is 1. The Labute approximate surface area is 88.4 Å². The Morgan fingerprint density at radius 2 is 1.67 bits per heavy atom. The lowest BCUT2D eigenvalue weighted by atomic mass is 10.1. The third kappa shape index (κ3) is 1.28. The Bertz CT molecular complexity index is 641. The molecule has 1 heteroatoms. The van der Waals surface area contributed by atoms with Crippen molar-refractivity contribution in [2.75, 3.05) is 0 Å². The van der Waals surface area contributed by atoms with Gasteiger partial charge in [-0.25, -0.2) is 0 Å². The summed E-state index contributed by atoms with van der Waals surface area (Å²) in [4.78, 5) is 4.53. The van der Waals surface area contributed by atoms with Crippen molar-refractivity contribution in [2.24, 2.45) is 0 Å². The Morgan fingerprint density at radius 1 is 0.800 bits per heavy atom. The van der Waals surface area contributed by atoms with E-state index in [2.05, 4.69) is 53.5 Å². The normalized spacial score (nSPS) is 11.0. The summed E-state index contributed by atoms with van der Waals surface area (Å²) < 4.78 is 0. The van der Waals surface area contributed by atoms with Gasteiger partial charge in [0.05, 0.1) is 5.52 Å². The number of benzene rings is 2. The van der Waals surface area contributed by atoms with Crippen molar-refractivity contribution in [3.63, 3.8) is 0 Å². The maximum atomic E-state index is 4.53. The number of fused-ring (bicyclic) bond motifs is 3. The summed E-state index contributed by atoms with van der Waals surface area (Å²) in [7, 11) is 0. The van der Waals surface area contributed by atoms with Gasteiger partial charge in [-0.2, -0.15) is 0 Å². The highest BCUT2D eigenvalue weighted by atomic mass is 14.7.